The number of ether oxygens (including phenoxy) is 4. The van der Waals surface area contributed by atoms with Gasteiger partial charge in [-0.15, -0.1) is 0 Å². The lowest BCUT2D eigenvalue weighted by atomic mass is 10.1. The molecule has 19 heteroatoms. The highest BCUT2D eigenvalue weighted by molar-refractivity contribution is 7.47. The lowest BCUT2D eigenvalue weighted by molar-refractivity contribution is -0.161. The Labute approximate surface area is 581 Å². The van der Waals surface area contributed by atoms with Gasteiger partial charge in [0.2, 0.25) is 0 Å². The first-order chi connectivity index (χ1) is 46.7. The molecule has 0 aromatic heterocycles. The van der Waals surface area contributed by atoms with E-state index >= 15 is 0 Å². The predicted molar refractivity (Wildman–Crippen MR) is 390 cm³/mol. The first-order valence-electron chi connectivity index (χ1n) is 37.1. The van der Waals surface area contributed by atoms with E-state index in [1.54, 1.807) is 0 Å². The topological polar surface area (TPSA) is 237 Å². The Bertz CT molecular complexity index is 2250. The van der Waals surface area contributed by atoms with Crippen LogP contribution in [0.25, 0.3) is 0 Å². The summed E-state index contributed by atoms with van der Waals surface area (Å²) in [6.45, 7) is 4.53. The Morgan fingerprint density at radius 2 is 0.552 bits per heavy atom. The Morgan fingerprint density at radius 1 is 0.302 bits per heavy atom. The van der Waals surface area contributed by atoms with Crippen LogP contribution in [0.5, 0.6) is 0 Å². The van der Waals surface area contributed by atoms with Crippen LogP contribution in [0.2, 0.25) is 0 Å². The van der Waals surface area contributed by atoms with Crippen molar-refractivity contribution in [1.29, 1.82) is 0 Å². The molecule has 5 unspecified atom stereocenters. The zero-order valence-corrected chi connectivity index (χ0v) is 61.8. The van der Waals surface area contributed by atoms with Crippen molar-refractivity contribution in [3.63, 3.8) is 0 Å². The number of rotatable bonds is 69. The average Bonchev–Trinajstić information content (AvgIpc) is 1.13. The summed E-state index contributed by atoms with van der Waals surface area (Å²) in [5, 5.41) is 10.6. The third-order valence-corrected chi connectivity index (χ3v) is 17.1. The molecular formula is C77H132O17P2. The molecule has 0 aromatic rings. The monoisotopic (exact) mass is 1390 g/mol. The van der Waals surface area contributed by atoms with Gasteiger partial charge in [-0.3, -0.25) is 37.3 Å². The van der Waals surface area contributed by atoms with Crippen molar-refractivity contribution >= 4 is 39.5 Å². The van der Waals surface area contributed by atoms with Gasteiger partial charge in [-0.25, -0.2) is 9.13 Å². The van der Waals surface area contributed by atoms with Crippen molar-refractivity contribution in [3.05, 3.63) is 109 Å². The van der Waals surface area contributed by atoms with Crippen molar-refractivity contribution in [2.45, 2.75) is 316 Å². The van der Waals surface area contributed by atoms with Gasteiger partial charge < -0.3 is 33.8 Å². The molecule has 0 saturated carbocycles. The van der Waals surface area contributed by atoms with Crippen molar-refractivity contribution < 1.29 is 80.2 Å². The first kappa shape index (κ1) is 91.7. The maximum Gasteiger partial charge on any atom is 0.472 e. The van der Waals surface area contributed by atoms with Gasteiger partial charge in [0, 0.05) is 25.7 Å². The molecule has 0 bridgehead atoms. The van der Waals surface area contributed by atoms with Gasteiger partial charge in [-0.05, 0) is 122 Å². The Kier molecular flexibility index (Phi) is 66.1. The summed E-state index contributed by atoms with van der Waals surface area (Å²) in [6, 6.07) is 0. The maximum absolute atomic E-state index is 13.0. The number of phosphoric acid groups is 2. The van der Waals surface area contributed by atoms with Crippen LogP contribution in [0, 0.1) is 0 Å². The van der Waals surface area contributed by atoms with Gasteiger partial charge in [0.1, 0.15) is 19.3 Å². The van der Waals surface area contributed by atoms with Gasteiger partial charge in [-0.2, -0.15) is 0 Å². The molecule has 0 aliphatic heterocycles. The van der Waals surface area contributed by atoms with Crippen molar-refractivity contribution in [2.75, 3.05) is 39.6 Å². The van der Waals surface area contributed by atoms with Crippen LogP contribution in [-0.2, 0) is 65.4 Å². The number of aliphatic hydroxyl groups excluding tert-OH is 1. The minimum atomic E-state index is -4.98. The van der Waals surface area contributed by atoms with Gasteiger partial charge in [0.05, 0.1) is 26.4 Å². The Balaban J connectivity index is 5.37. The maximum atomic E-state index is 13.0. The van der Waals surface area contributed by atoms with E-state index < -0.39 is 97.5 Å². The van der Waals surface area contributed by atoms with E-state index in [2.05, 4.69) is 125 Å². The minimum Gasteiger partial charge on any atom is -0.462 e. The molecule has 0 aliphatic rings. The van der Waals surface area contributed by atoms with Crippen LogP contribution in [-0.4, -0.2) is 96.7 Å². The van der Waals surface area contributed by atoms with E-state index in [4.69, 9.17) is 37.0 Å². The zero-order chi connectivity index (χ0) is 70.4. The summed E-state index contributed by atoms with van der Waals surface area (Å²) < 4.78 is 68.3. The number of hydrogen-bond acceptors (Lipinski definition) is 15. The number of carbonyl (C=O) groups is 4. The molecule has 17 nitrogen and oxygen atoms in total. The van der Waals surface area contributed by atoms with Crippen LogP contribution in [0.1, 0.15) is 297 Å². The molecule has 0 spiro atoms. The molecule has 552 valence electrons. The summed E-state index contributed by atoms with van der Waals surface area (Å²) in [4.78, 5) is 72.7. The number of unbranched alkanes of at least 4 members (excludes halogenated alkanes) is 25. The number of phosphoric ester groups is 2. The summed E-state index contributed by atoms with van der Waals surface area (Å²) in [6.07, 6.45) is 72.4. The number of aliphatic hydroxyl groups is 1. The highest BCUT2D eigenvalue weighted by Crippen LogP contribution is 2.45. The second kappa shape index (κ2) is 69.2. The molecular weight excluding hydrogens is 1260 g/mol. The smallest absolute Gasteiger partial charge is 0.462 e. The SMILES string of the molecule is CC/C=C\C/C=C\C/C=C\C/C=C\C/C=C\CCCC(=O)OCC(COP(=O)(O)OCC(O)COP(=O)(O)OCC(COC(=O)CCCCCCC/C=C\C/C=C\C/C=C\CC)OC(=O)CCCCCCC/C=C\CCCCCC)OC(=O)CCCCCCCCCCCCC. The lowest BCUT2D eigenvalue weighted by Gasteiger charge is -2.21. The Morgan fingerprint density at radius 3 is 0.896 bits per heavy atom. The van der Waals surface area contributed by atoms with E-state index in [-0.39, 0.29) is 25.7 Å². The van der Waals surface area contributed by atoms with Gasteiger partial charge in [0.15, 0.2) is 12.2 Å². The largest absolute Gasteiger partial charge is 0.472 e. The Hall–Kier alpha value is -4.28. The first-order valence-corrected chi connectivity index (χ1v) is 40.1. The van der Waals surface area contributed by atoms with Crippen molar-refractivity contribution in [2.24, 2.45) is 0 Å². The molecule has 0 radical (unpaired) electrons. The van der Waals surface area contributed by atoms with E-state index in [1.165, 1.54) is 64.2 Å². The van der Waals surface area contributed by atoms with Crippen molar-refractivity contribution in [3.8, 4) is 0 Å². The van der Waals surface area contributed by atoms with Gasteiger partial charge in [0.25, 0.3) is 0 Å². The zero-order valence-electron chi connectivity index (χ0n) is 60.0. The number of hydrogen-bond donors (Lipinski definition) is 3. The third-order valence-electron chi connectivity index (χ3n) is 15.2. The molecule has 5 atom stereocenters. The fourth-order valence-corrected chi connectivity index (χ4v) is 11.2. The fraction of sp³-hybridized carbons (Fsp3) is 0.714. The number of esters is 4. The number of carbonyl (C=O) groups excluding carboxylic acids is 4. The summed E-state index contributed by atoms with van der Waals surface area (Å²) in [7, 11) is -9.96. The van der Waals surface area contributed by atoms with Crippen LogP contribution in [0.15, 0.2) is 109 Å². The van der Waals surface area contributed by atoms with E-state index in [0.717, 1.165) is 148 Å². The van der Waals surface area contributed by atoms with Crippen molar-refractivity contribution in [1.82, 2.24) is 0 Å². The molecule has 0 amide bonds. The fourth-order valence-electron chi connectivity index (χ4n) is 9.62. The molecule has 3 N–H and O–H groups in total. The number of allylic oxidation sites excluding steroid dienone is 18. The van der Waals surface area contributed by atoms with Crippen LogP contribution in [0.3, 0.4) is 0 Å². The van der Waals surface area contributed by atoms with Gasteiger partial charge >= 0.3 is 39.5 Å². The second-order valence-corrected chi connectivity index (χ2v) is 27.4. The highest BCUT2D eigenvalue weighted by Gasteiger charge is 2.30. The summed E-state index contributed by atoms with van der Waals surface area (Å²) in [5.74, 6) is -2.26. The van der Waals surface area contributed by atoms with Crippen LogP contribution < -0.4 is 0 Å². The molecule has 0 aromatic carbocycles. The molecule has 0 rings (SSSR count). The third kappa shape index (κ3) is 68.3. The van der Waals surface area contributed by atoms with Crippen LogP contribution >= 0.6 is 15.6 Å². The molecule has 0 fully saturated rings. The quantitative estimate of drug-likeness (QED) is 0.0169. The standard InChI is InChI=1S/C77H132O17P2/c1-5-9-13-17-21-25-29-32-34-35-37-40-43-46-50-54-58-62-75(80)87-67-72(93-76(81)63-59-55-51-47-41-28-24-20-16-12-8-4)69-91-95(83,84)89-65-71(78)66-90-96(85,86)92-70-73(94-77(82)64-60-56-52-48-44-38-31-27-23-19-15-11-7-3)68-88-74(79)61-57-53-49-45-42-39-36-33-30-26-22-18-14-10-6-2/h9-10,13-14,21-22,25-27,31-34,36-37,40,46,50,71-73,78H,5-8,11-12,15-20,23-24,28-30,35,38-39,41-45,47-49,51-70H2,1-4H3,(H,83,84)(H,85,86)/b13-9-,14-10-,25-21-,26-22-,31-27-,34-32-,36-33-,40-37-,50-46-. The lowest BCUT2D eigenvalue weighted by Crippen LogP contribution is -2.30. The molecule has 0 saturated heterocycles. The van der Waals surface area contributed by atoms with Crippen LogP contribution in [0.4, 0.5) is 0 Å². The summed E-state index contributed by atoms with van der Waals surface area (Å²) in [5.41, 5.74) is 0. The van der Waals surface area contributed by atoms with E-state index in [1.807, 2.05) is 12.2 Å². The normalized spacial score (nSPS) is 14.6. The predicted octanol–water partition coefficient (Wildman–Crippen LogP) is 21.0. The van der Waals surface area contributed by atoms with E-state index in [9.17, 15) is 43.2 Å². The van der Waals surface area contributed by atoms with Gasteiger partial charge in [-0.1, -0.05) is 259 Å². The molecule has 0 aliphatic carbocycles. The van der Waals surface area contributed by atoms with E-state index in [0.29, 0.717) is 32.1 Å². The average molecular weight is 1390 g/mol. The second-order valence-electron chi connectivity index (χ2n) is 24.5. The molecule has 96 heavy (non-hydrogen) atoms. The highest BCUT2D eigenvalue weighted by atomic mass is 31.2. The summed E-state index contributed by atoms with van der Waals surface area (Å²) >= 11 is 0. The molecule has 0 heterocycles. The minimum absolute atomic E-state index is 0.0794.